The first kappa shape index (κ1) is 16.9. The summed E-state index contributed by atoms with van der Waals surface area (Å²) < 4.78 is 13.2. The summed E-state index contributed by atoms with van der Waals surface area (Å²) in [5.74, 6) is -0.832. The van der Waals surface area contributed by atoms with Gasteiger partial charge in [-0.25, -0.2) is 4.39 Å². The Balaban J connectivity index is 1.77. The third-order valence-electron chi connectivity index (χ3n) is 5.34. The summed E-state index contributed by atoms with van der Waals surface area (Å²) in [5, 5.41) is 12.3. The lowest BCUT2D eigenvalue weighted by atomic mass is 9.84. The second-order valence-electron chi connectivity index (χ2n) is 7.02. The predicted octanol–water partition coefficient (Wildman–Crippen LogP) is 1.62. The third kappa shape index (κ3) is 3.29. The molecule has 0 radical (unpaired) electrons. The Morgan fingerprint density at radius 3 is 2.62 bits per heavy atom. The van der Waals surface area contributed by atoms with Crippen molar-refractivity contribution in [3.05, 3.63) is 35.6 Å². The van der Waals surface area contributed by atoms with Gasteiger partial charge in [0, 0.05) is 25.4 Å². The Kier molecular flexibility index (Phi) is 4.58. The minimum Gasteiger partial charge on any atom is -0.396 e. The predicted molar refractivity (Wildman–Crippen MR) is 86.4 cm³/mol. The molecule has 24 heavy (non-hydrogen) atoms. The minimum absolute atomic E-state index is 0.0117. The number of nitrogens with one attached hydrogen (secondary N) is 1. The van der Waals surface area contributed by atoms with E-state index in [4.69, 9.17) is 0 Å². The van der Waals surface area contributed by atoms with Gasteiger partial charge < -0.3 is 15.3 Å². The first-order chi connectivity index (χ1) is 11.5. The fourth-order valence-corrected chi connectivity index (χ4v) is 3.40. The van der Waals surface area contributed by atoms with E-state index in [1.54, 1.807) is 24.1 Å². The van der Waals surface area contributed by atoms with Crippen LogP contribution in [0.5, 0.6) is 0 Å². The van der Waals surface area contributed by atoms with Crippen molar-refractivity contribution in [1.29, 1.82) is 0 Å². The number of piperidine rings is 1. The van der Waals surface area contributed by atoms with Crippen LogP contribution >= 0.6 is 0 Å². The molecule has 1 saturated heterocycles. The summed E-state index contributed by atoms with van der Waals surface area (Å²) in [7, 11) is 1.69. The van der Waals surface area contributed by atoms with Crippen LogP contribution in [-0.2, 0) is 9.59 Å². The van der Waals surface area contributed by atoms with Gasteiger partial charge in [-0.05, 0) is 37.0 Å². The lowest BCUT2D eigenvalue weighted by molar-refractivity contribution is -0.141. The van der Waals surface area contributed by atoms with Crippen molar-refractivity contribution < 1.29 is 19.1 Å². The van der Waals surface area contributed by atoms with Gasteiger partial charge in [0.15, 0.2) is 0 Å². The molecule has 2 fully saturated rings. The summed E-state index contributed by atoms with van der Waals surface area (Å²) in [5.41, 5.74) is 0.604. The Hall–Kier alpha value is -1.95. The standard InChI is InChI=1S/C18H23FN2O3/c1-21-15(23)7-6-14(16(21)12-2-4-13(19)5-3-12)17(24)20-10-18(11-22)8-9-18/h2-5,14,16,22H,6-11H2,1H3,(H,20,24)/t14-,16-/m0/s1. The quantitative estimate of drug-likeness (QED) is 0.860. The van der Waals surface area contributed by atoms with E-state index >= 15 is 0 Å². The van der Waals surface area contributed by atoms with Crippen LogP contribution in [0.15, 0.2) is 24.3 Å². The highest BCUT2D eigenvalue weighted by Gasteiger charge is 2.44. The summed E-state index contributed by atoms with van der Waals surface area (Å²) >= 11 is 0. The molecule has 0 bridgehead atoms. The zero-order chi connectivity index (χ0) is 17.3. The number of carbonyl (C=O) groups is 2. The molecule has 1 aliphatic carbocycles. The number of amides is 2. The second-order valence-corrected chi connectivity index (χ2v) is 7.02. The van der Waals surface area contributed by atoms with E-state index in [1.165, 1.54) is 12.1 Å². The van der Waals surface area contributed by atoms with Gasteiger partial charge in [-0.15, -0.1) is 0 Å². The number of likely N-dealkylation sites (tertiary alicyclic amines) is 1. The van der Waals surface area contributed by atoms with E-state index in [-0.39, 0.29) is 35.6 Å². The van der Waals surface area contributed by atoms with E-state index < -0.39 is 6.04 Å². The molecular formula is C18H23FN2O3. The molecule has 2 atom stereocenters. The topological polar surface area (TPSA) is 69.6 Å². The maximum absolute atomic E-state index is 13.2. The van der Waals surface area contributed by atoms with Gasteiger partial charge in [0.1, 0.15) is 5.82 Å². The van der Waals surface area contributed by atoms with Crippen molar-refractivity contribution in [3.8, 4) is 0 Å². The van der Waals surface area contributed by atoms with Gasteiger partial charge in [-0.1, -0.05) is 12.1 Å². The highest BCUT2D eigenvalue weighted by Crippen LogP contribution is 2.44. The largest absolute Gasteiger partial charge is 0.396 e. The molecule has 130 valence electrons. The number of nitrogens with zero attached hydrogens (tertiary/aromatic N) is 1. The smallest absolute Gasteiger partial charge is 0.225 e. The summed E-state index contributed by atoms with van der Waals surface area (Å²) in [6.07, 6.45) is 2.66. The molecule has 2 aliphatic rings. The maximum Gasteiger partial charge on any atom is 0.225 e. The van der Waals surface area contributed by atoms with E-state index in [0.29, 0.717) is 19.4 Å². The summed E-state index contributed by atoms with van der Waals surface area (Å²) in [4.78, 5) is 26.3. The maximum atomic E-state index is 13.2. The fraction of sp³-hybridized carbons (Fsp3) is 0.556. The molecule has 2 N–H and O–H groups in total. The summed E-state index contributed by atoms with van der Waals surface area (Å²) in [6, 6.07) is 5.57. The van der Waals surface area contributed by atoms with Gasteiger partial charge >= 0.3 is 0 Å². The molecule has 0 spiro atoms. The zero-order valence-corrected chi connectivity index (χ0v) is 13.8. The Labute approximate surface area is 140 Å². The molecule has 1 saturated carbocycles. The number of hydrogen-bond acceptors (Lipinski definition) is 3. The molecule has 6 heteroatoms. The molecule has 0 aromatic heterocycles. The molecule has 1 aromatic carbocycles. The van der Waals surface area contributed by atoms with E-state index in [9.17, 15) is 19.1 Å². The van der Waals surface area contributed by atoms with Gasteiger partial charge in [-0.3, -0.25) is 9.59 Å². The van der Waals surface area contributed by atoms with E-state index in [1.807, 2.05) is 0 Å². The van der Waals surface area contributed by atoms with Crippen molar-refractivity contribution >= 4 is 11.8 Å². The number of halogens is 1. The lowest BCUT2D eigenvalue weighted by Gasteiger charge is -2.38. The van der Waals surface area contributed by atoms with Crippen LogP contribution in [0.25, 0.3) is 0 Å². The third-order valence-corrected chi connectivity index (χ3v) is 5.34. The number of rotatable bonds is 5. The molecule has 0 unspecified atom stereocenters. The molecule has 3 rings (SSSR count). The van der Waals surface area contributed by atoms with Crippen molar-refractivity contribution in [2.24, 2.45) is 11.3 Å². The van der Waals surface area contributed by atoms with E-state index in [0.717, 1.165) is 18.4 Å². The highest BCUT2D eigenvalue weighted by molar-refractivity contribution is 5.85. The zero-order valence-electron chi connectivity index (χ0n) is 13.8. The molecule has 1 aromatic rings. The normalized spacial score (nSPS) is 25.5. The van der Waals surface area contributed by atoms with E-state index in [2.05, 4.69) is 5.32 Å². The van der Waals surface area contributed by atoms with Crippen LogP contribution in [0.1, 0.15) is 37.3 Å². The average molecular weight is 334 g/mol. The molecular weight excluding hydrogens is 311 g/mol. The van der Waals surface area contributed by atoms with Crippen LogP contribution in [0.3, 0.4) is 0 Å². The average Bonchev–Trinajstić information content (AvgIpc) is 3.37. The Bertz CT molecular complexity index is 628. The van der Waals surface area contributed by atoms with Crippen LogP contribution in [-0.4, -0.2) is 42.0 Å². The fourth-order valence-electron chi connectivity index (χ4n) is 3.40. The minimum atomic E-state index is -0.392. The second kappa shape index (κ2) is 6.51. The molecule has 1 heterocycles. The first-order valence-electron chi connectivity index (χ1n) is 8.35. The van der Waals surface area contributed by atoms with Crippen molar-refractivity contribution in [2.75, 3.05) is 20.2 Å². The number of benzene rings is 1. The highest BCUT2D eigenvalue weighted by atomic mass is 19.1. The molecule has 2 amide bonds. The van der Waals surface area contributed by atoms with Gasteiger partial charge in [-0.2, -0.15) is 0 Å². The van der Waals surface area contributed by atoms with Crippen LogP contribution in [0, 0.1) is 17.2 Å². The van der Waals surface area contributed by atoms with Crippen molar-refractivity contribution in [1.82, 2.24) is 10.2 Å². The van der Waals surface area contributed by atoms with Gasteiger partial charge in [0.05, 0.1) is 18.6 Å². The van der Waals surface area contributed by atoms with Crippen molar-refractivity contribution in [2.45, 2.75) is 31.7 Å². The number of aliphatic hydroxyl groups excluding tert-OH is 1. The number of hydrogen-bond donors (Lipinski definition) is 2. The lowest BCUT2D eigenvalue weighted by Crippen LogP contribution is -2.47. The van der Waals surface area contributed by atoms with Crippen LogP contribution < -0.4 is 5.32 Å². The van der Waals surface area contributed by atoms with Crippen LogP contribution in [0.2, 0.25) is 0 Å². The van der Waals surface area contributed by atoms with Gasteiger partial charge in [0.2, 0.25) is 11.8 Å². The Morgan fingerprint density at radius 2 is 2.04 bits per heavy atom. The molecule has 5 nitrogen and oxygen atoms in total. The SMILES string of the molecule is CN1C(=O)CC[C@H](C(=O)NCC2(CO)CC2)[C@@H]1c1ccc(F)cc1. The number of carbonyl (C=O) groups excluding carboxylic acids is 2. The first-order valence-corrected chi connectivity index (χ1v) is 8.35. The summed E-state index contributed by atoms with van der Waals surface area (Å²) in [6.45, 7) is 0.546. The Morgan fingerprint density at radius 1 is 1.38 bits per heavy atom. The van der Waals surface area contributed by atoms with Crippen LogP contribution in [0.4, 0.5) is 4.39 Å². The monoisotopic (exact) mass is 334 g/mol. The van der Waals surface area contributed by atoms with Gasteiger partial charge in [0.25, 0.3) is 0 Å². The number of aliphatic hydroxyl groups is 1. The molecule has 1 aliphatic heterocycles. The van der Waals surface area contributed by atoms with Crippen molar-refractivity contribution in [3.63, 3.8) is 0 Å².